The molecule has 0 saturated carbocycles. The number of carboxylic acid groups (broad SMARTS) is 1. The Kier molecular flexibility index (Phi) is 4.10. The van der Waals surface area contributed by atoms with Crippen LogP contribution >= 0.6 is 0 Å². The van der Waals surface area contributed by atoms with E-state index in [1.165, 1.54) is 0 Å². The van der Waals surface area contributed by atoms with E-state index in [4.69, 9.17) is 5.11 Å². The summed E-state index contributed by atoms with van der Waals surface area (Å²) in [7, 11) is 0. The maximum atomic E-state index is 11.0. The van der Waals surface area contributed by atoms with Gasteiger partial charge in [0.25, 0.3) is 0 Å². The normalized spacial score (nSPS) is 11.6. The van der Waals surface area contributed by atoms with Crippen molar-refractivity contribution in [2.45, 2.75) is 0 Å². The maximum Gasteiger partial charge on any atom is 0.336 e. The lowest BCUT2D eigenvalue weighted by molar-refractivity contribution is -0.130. The minimum Gasteiger partial charge on any atom is -0.478 e. The number of rotatable bonds is 4. The second kappa shape index (κ2) is 5.60. The van der Waals surface area contributed by atoms with E-state index in [0.29, 0.717) is 5.56 Å². The van der Waals surface area contributed by atoms with Gasteiger partial charge in [-0.05, 0) is 11.6 Å². The number of benzene rings is 1. The first kappa shape index (κ1) is 11.0. The zero-order chi connectivity index (χ0) is 11.1. The highest BCUT2D eigenvalue weighted by Gasteiger charge is 2.07. The first-order valence-electron chi connectivity index (χ1n) is 4.54. The topological polar surface area (TPSA) is 37.3 Å². The third kappa shape index (κ3) is 3.27. The Morgan fingerprint density at radius 2 is 1.87 bits per heavy atom. The van der Waals surface area contributed by atoms with Crippen LogP contribution in [0, 0.1) is 0 Å². The molecule has 2 nitrogen and oxygen atoms in total. The summed E-state index contributed by atoms with van der Waals surface area (Å²) in [6, 6.07) is 9.00. The highest BCUT2D eigenvalue weighted by Crippen LogP contribution is 2.13. The van der Waals surface area contributed by atoms with Gasteiger partial charge in [-0.25, -0.2) is 4.79 Å². The molecule has 76 valence electrons. The van der Waals surface area contributed by atoms with Crippen LogP contribution in [0.15, 0.2) is 61.2 Å². The van der Waals surface area contributed by atoms with E-state index in [-0.39, 0.29) is 5.57 Å². The molecule has 0 aromatic heterocycles. The fourth-order valence-electron chi connectivity index (χ4n) is 1.14. The van der Waals surface area contributed by atoms with Crippen LogP contribution in [0.3, 0.4) is 0 Å². The lowest BCUT2D eigenvalue weighted by Crippen LogP contribution is -1.98. The molecule has 1 N–H and O–H groups in total. The first-order chi connectivity index (χ1) is 7.25. The fraction of sp³-hybridized carbons (Fsp3) is 0. The summed E-state index contributed by atoms with van der Waals surface area (Å²) < 4.78 is 0. The van der Waals surface area contributed by atoms with Gasteiger partial charge in [0, 0.05) is 0 Å². The van der Waals surface area contributed by atoms with Crippen LogP contribution in [0.4, 0.5) is 0 Å². The van der Waals surface area contributed by atoms with Crippen molar-refractivity contribution in [3.05, 3.63) is 66.8 Å². The Morgan fingerprint density at radius 1 is 1.20 bits per heavy atom. The van der Waals surface area contributed by atoms with E-state index < -0.39 is 5.97 Å². The quantitative estimate of drug-likeness (QED) is 0.599. The Bertz CT molecular complexity index is 400. The van der Waals surface area contributed by atoms with Gasteiger partial charge in [-0.1, -0.05) is 55.1 Å². The van der Waals surface area contributed by atoms with Crippen molar-refractivity contribution in [2.24, 2.45) is 0 Å². The largest absolute Gasteiger partial charge is 0.478 e. The first-order valence-corrected chi connectivity index (χ1v) is 4.54. The van der Waals surface area contributed by atoms with E-state index in [1.54, 1.807) is 36.4 Å². The van der Waals surface area contributed by atoms with E-state index in [0.717, 1.165) is 0 Å². The van der Waals surface area contributed by atoms with Gasteiger partial charge < -0.3 is 5.11 Å². The molecule has 15 heavy (non-hydrogen) atoms. The highest BCUT2D eigenvalue weighted by atomic mass is 16.4. The van der Waals surface area contributed by atoms with Crippen LogP contribution in [0.5, 0.6) is 0 Å². The van der Waals surface area contributed by atoms with Gasteiger partial charge in [0.1, 0.15) is 0 Å². The Balaban J connectivity index is 3.04. The molecule has 1 aromatic rings. The van der Waals surface area contributed by atoms with Gasteiger partial charge in [0.15, 0.2) is 0 Å². The SMILES string of the molecule is C=CC=CC=C(C(=O)O)c1ccccc1. The Hall–Kier alpha value is -2.09. The zero-order valence-corrected chi connectivity index (χ0v) is 8.26. The average molecular weight is 200 g/mol. The number of hydrogen-bond donors (Lipinski definition) is 1. The molecule has 0 aliphatic carbocycles. The van der Waals surface area contributed by atoms with Crippen molar-refractivity contribution in [2.75, 3.05) is 0 Å². The highest BCUT2D eigenvalue weighted by molar-refractivity contribution is 6.15. The summed E-state index contributed by atoms with van der Waals surface area (Å²) in [4.78, 5) is 11.0. The maximum absolute atomic E-state index is 11.0. The summed E-state index contributed by atoms with van der Waals surface area (Å²) in [6.07, 6.45) is 6.50. The third-order valence-corrected chi connectivity index (χ3v) is 1.83. The molecule has 0 bridgehead atoms. The molecular weight excluding hydrogens is 188 g/mol. The van der Waals surface area contributed by atoms with Crippen molar-refractivity contribution in [1.29, 1.82) is 0 Å². The minimum absolute atomic E-state index is 0.272. The summed E-state index contributed by atoms with van der Waals surface area (Å²) in [5, 5.41) is 9.00. The van der Waals surface area contributed by atoms with Crippen LogP contribution in [0.25, 0.3) is 5.57 Å². The van der Waals surface area contributed by atoms with Crippen LogP contribution in [-0.2, 0) is 4.79 Å². The standard InChI is InChI=1S/C13H12O2/c1-2-3-5-10-12(13(14)15)11-8-6-4-7-9-11/h2-10H,1H2,(H,14,15). The second-order valence-electron chi connectivity index (χ2n) is 2.87. The molecule has 0 aliphatic rings. The molecule has 0 atom stereocenters. The Morgan fingerprint density at radius 3 is 2.40 bits per heavy atom. The zero-order valence-electron chi connectivity index (χ0n) is 8.26. The van der Waals surface area contributed by atoms with Crippen LogP contribution in [-0.4, -0.2) is 11.1 Å². The van der Waals surface area contributed by atoms with Gasteiger partial charge in [0.05, 0.1) is 5.57 Å². The van der Waals surface area contributed by atoms with Gasteiger partial charge in [0.2, 0.25) is 0 Å². The molecule has 0 unspecified atom stereocenters. The van der Waals surface area contributed by atoms with Crippen LogP contribution < -0.4 is 0 Å². The van der Waals surface area contributed by atoms with E-state index in [1.807, 2.05) is 18.2 Å². The van der Waals surface area contributed by atoms with Gasteiger partial charge in [-0.2, -0.15) is 0 Å². The van der Waals surface area contributed by atoms with Gasteiger partial charge >= 0.3 is 5.97 Å². The molecular formula is C13H12O2. The molecule has 0 fully saturated rings. The second-order valence-corrected chi connectivity index (χ2v) is 2.87. The molecule has 0 radical (unpaired) electrons. The number of hydrogen-bond acceptors (Lipinski definition) is 1. The summed E-state index contributed by atoms with van der Waals surface area (Å²) in [6.45, 7) is 3.51. The molecule has 0 heterocycles. The average Bonchev–Trinajstić information content (AvgIpc) is 2.25. The lowest BCUT2D eigenvalue weighted by atomic mass is 10.1. The van der Waals surface area contributed by atoms with E-state index in [9.17, 15) is 4.79 Å². The van der Waals surface area contributed by atoms with Crippen molar-refractivity contribution >= 4 is 11.5 Å². The van der Waals surface area contributed by atoms with Crippen LogP contribution in [0.1, 0.15) is 5.56 Å². The molecule has 0 aliphatic heterocycles. The molecule has 0 spiro atoms. The number of allylic oxidation sites excluding steroid dienone is 4. The van der Waals surface area contributed by atoms with E-state index in [2.05, 4.69) is 6.58 Å². The molecule has 2 heteroatoms. The van der Waals surface area contributed by atoms with E-state index >= 15 is 0 Å². The smallest absolute Gasteiger partial charge is 0.336 e. The van der Waals surface area contributed by atoms with Crippen molar-refractivity contribution in [3.63, 3.8) is 0 Å². The fourth-order valence-corrected chi connectivity index (χ4v) is 1.14. The summed E-state index contributed by atoms with van der Waals surface area (Å²) in [5.74, 6) is -0.935. The summed E-state index contributed by atoms with van der Waals surface area (Å²) >= 11 is 0. The molecule has 0 amide bonds. The van der Waals surface area contributed by atoms with Crippen molar-refractivity contribution in [1.82, 2.24) is 0 Å². The Labute approximate surface area is 88.9 Å². The van der Waals surface area contributed by atoms with Crippen molar-refractivity contribution in [3.8, 4) is 0 Å². The van der Waals surface area contributed by atoms with Crippen molar-refractivity contribution < 1.29 is 9.90 Å². The van der Waals surface area contributed by atoms with Gasteiger partial charge in [-0.3, -0.25) is 0 Å². The number of carboxylic acids is 1. The summed E-state index contributed by atoms with van der Waals surface area (Å²) in [5.41, 5.74) is 0.965. The minimum atomic E-state index is -0.935. The predicted octanol–water partition coefficient (Wildman–Crippen LogP) is 2.90. The lowest BCUT2D eigenvalue weighted by Gasteiger charge is -2.00. The molecule has 1 aromatic carbocycles. The molecule has 0 saturated heterocycles. The molecule has 1 rings (SSSR count). The number of aliphatic carboxylic acids is 1. The van der Waals surface area contributed by atoms with Gasteiger partial charge in [-0.15, -0.1) is 0 Å². The monoisotopic (exact) mass is 200 g/mol. The number of carbonyl (C=O) groups is 1. The van der Waals surface area contributed by atoms with Crippen LogP contribution in [0.2, 0.25) is 0 Å². The third-order valence-electron chi connectivity index (χ3n) is 1.83. The predicted molar refractivity (Wildman–Crippen MR) is 61.4 cm³/mol.